The Labute approximate surface area is 352 Å². The fourth-order valence-electron chi connectivity index (χ4n) is 6.88. The van der Waals surface area contributed by atoms with Crippen LogP contribution in [0.2, 0.25) is 0 Å². The average Bonchev–Trinajstić information content (AvgIpc) is 3.90. The van der Waals surface area contributed by atoms with Gasteiger partial charge in [0.2, 0.25) is 23.7 Å². The Morgan fingerprint density at radius 2 is 1.57 bits per heavy atom. The Morgan fingerprint density at radius 3 is 2.21 bits per heavy atom. The number of imidazole rings is 2. The number of aromatic nitrogens is 6. The zero-order chi connectivity index (χ0) is 44.0. The molecule has 0 radical (unpaired) electrons. The molecule has 4 heterocycles. The normalized spacial score (nSPS) is 13.5. The molecule has 1 fully saturated rings. The standard InChI is InChI=1S/C42H51N11O8/c1-8-53-31(19-26(2)48-53)38(57)47-40-46-29-20-27(25-54)21-32(59-7)35(29)52(40)15-10-9-14-51-36-30(45-39(51)44-6)22-28(37(43)56)23-33(36)60-18-12-11-13-49-16-17-50(24-34(49)55)41(58)61-42(3,4)5/h9-12,19-23,25H,8,13-18,24H2,1-7H3,(H2,43,56)(H,44,45)(H,46,47,57)/b10-9+,12-11+. The van der Waals surface area contributed by atoms with Gasteiger partial charge in [-0.2, -0.15) is 5.10 Å². The third-order valence-electron chi connectivity index (χ3n) is 9.70. The highest BCUT2D eigenvalue weighted by Crippen LogP contribution is 2.32. The Bertz CT molecular complexity index is 2540. The second kappa shape index (κ2) is 18.4. The number of methoxy groups -OCH3 is 1. The predicted octanol–water partition coefficient (Wildman–Crippen LogP) is 4.40. The molecule has 0 aliphatic carbocycles. The van der Waals surface area contributed by atoms with Crippen molar-refractivity contribution >= 4 is 64.1 Å². The first-order valence-electron chi connectivity index (χ1n) is 19.7. The first-order valence-corrected chi connectivity index (χ1v) is 19.7. The van der Waals surface area contributed by atoms with Crippen LogP contribution in [-0.4, -0.2) is 121 Å². The number of fused-ring (bicyclic) bond motifs is 2. The number of amides is 4. The molecule has 19 nitrogen and oxygen atoms in total. The molecule has 4 amide bonds. The van der Waals surface area contributed by atoms with Gasteiger partial charge in [0.15, 0.2) is 0 Å². The molecule has 2 aromatic carbocycles. The second-order valence-electron chi connectivity index (χ2n) is 15.2. The maximum absolute atomic E-state index is 13.5. The summed E-state index contributed by atoms with van der Waals surface area (Å²) in [7, 11) is 3.23. The molecule has 61 heavy (non-hydrogen) atoms. The molecule has 0 saturated carbocycles. The molecule has 19 heteroatoms. The molecule has 0 atom stereocenters. The van der Waals surface area contributed by atoms with E-state index in [4.69, 9.17) is 24.9 Å². The largest absolute Gasteiger partial charge is 0.494 e. The minimum absolute atomic E-state index is 0.0671. The van der Waals surface area contributed by atoms with Gasteiger partial charge in [-0.25, -0.2) is 14.8 Å². The summed E-state index contributed by atoms with van der Waals surface area (Å²) >= 11 is 0. The third kappa shape index (κ3) is 9.83. The van der Waals surface area contributed by atoms with E-state index >= 15 is 0 Å². The maximum atomic E-state index is 13.5. The summed E-state index contributed by atoms with van der Waals surface area (Å²) in [4.78, 5) is 75.3. The molecule has 0 bridgehead atoms. The van der Waals surface area contributed by atoms with Gasteiger partial charge in [0.25, 0.3) is 5.91 Å². The van der Waals surface area contributed by atoms with Crippen LogP contribution >= 0.6 is 0 Å². The summed E-state index contributed by atoms with van der Waals surface area (Å²) in [6, 6.07) is 8.11. The minimum Gasteiger partial charge on any atom is -0.494 e. The summed E-state index contributed by atoms with van der Waals surface area (Å²) in [5, 5.41) is 10.4. The zero-order valence-electron chi connectivity index (χ0n) is 35.4. The molecule has 0 unspecified atom stereocenters. The van der Waals surface area contributed by atoms with E-state index in [1.807, 2.05) is 30.6 Å². The number of piperazine rings is 1. The topological polar surface area (TPSA) is 223 Å². The number of rotatable bonds is 16. The zero-order valence-corrected chi connectivity index (χ0v) is 35.4. The van der Waals surface area contributed by atoms with Gasteiger partial charge in [-0.1, -0.05) is 18.2 Å². The summed E-state index contributed by atoms with van der Waals surface area (Å²) in [5.41, 5.74) is 8.80. The highest BCUT2D eigenvalue weighted by Gasteiger charge is 2.30. The van der Waals surface area contributed by atoms with Crippen LogP contribution in [0.4, 0.5) is 16.7 Å². The average molecular weight is 838 g/mol. The van der Waals surface area contributed by atoms with Crippen LogP contribution in [0.15, 0.2) is 54.6 Å². The Hall–Kier alpha value is -7.18. The number of allylic oxidation sites excluding steroid dienone is 2. The van der Waals surface area contributed by atoms with E-state index in [0.29, 0.717) is 95.5 Å². The number of hydrogen-bond acceptors (Lipinski definition) is 12. The number of hydrogen-bond donors (Lipinski definition) is 3. The number of aryl methyl sites for hydroxylation is 2. The third-order valence-corrected chi connectivity index (χ3v) is 9.70. The van der Waals surface area contributed by atoms with Crippen LogP contribution in [0, 0.1) is 6.92 Å². The monoisotopic (exact) mass is 837 g/mol. The number of carbonyl (C=O) groups is 5. The van der Waals surface area contributed by atoms with Gasteiger partial charge in [0, 0.05) is 57.4 Å². The van der Waals surface area contributed by atoms with Crippen molar-refractivity contribution in [1.82, 2.24) is 38.7 Å². The number of nitrogens with one attached hydrogen (secondary N) is 2. The number of ether oxygens (including phenoxy) is 3. The molecule has 1 saturated heterocycles. The Morgan fingerprint density at radius 1 is 0.902 bits per heavy atom. The van der Waals surface area contributed by atoms with Gasteiger partial charge in [-0.15, -0.1) is 0 Å². The number of primary amides is 1. The van der Waals surface area contributed by atoms with Crippen molar-refractivity contribution in [2.45, 2.75) is 59.9 Å². The van der Waals surface area contributed by atoms with E-state index in [9.17, 15) is 24.0 Å². The van der Waals surface area contributed by atoms with E-state index in [-0.39, 0.29) is 37.1 Å². The van der Waals surface area contributed by atoms with Crippen LogP contribution < -0.4 is 25.8 Å². The number of aldehydes is 1. The van der Waals surface area contributed by atoms with Crippen LogP contribution in [0.1, 0.15) is 64.6 Å². The van der Waals surface area contributed by atoms with Crippen molar-refractivity contribution in [2.24, 2.45) is 5.73 Å². The molecule has 3 aromatic heterocycles. The van der Waals surface area contributed by atoms with E-state index < -0.39 is 23.5 Å². The highest BCUT2D eigenvalue weighted by atomic mass is 16.6. The van der Waals surface area contributed by atoms with Crippen LogP contribution in [0.5, 0.6) is 11.5 Å². The van der Waals surface area contributed by atoms with E-state index in [2.05, 4.69) is 20.7 Å². The number of benzene rings is 2. The van der Waals surface area contributed by atoms with E-state index in [0.717, 1.165) is 0 Å². The van der Waals surface area contributed by atoms with Gasteiger partial charge >= 0.3 is 6.09 Å². The molecular formula is C42H51N11O8. The summed E-state index contributed by atoms with van der Waals surface area (Å²) in [5.74, 6) is 0.269. The van der Waals surface area contributed by atoms with Gasteiger partial charge in [0.05, 0.1) is 23.8 Å². The summed E-state index contributed by atoms with van der Waals surface area (Å²) < 4.78 is 22.6. The van der Waals surface area contributed by atoms with Crippen molar-refractivity contribution in [3.63, 3.8) is 0 Å². The summed E-state index contributed by atoms with van der Waals surface area (Å²) in [6.07, 6.45) is 7.57. The first-order chi connectivity index (χ1) is 29.1. The quantitative estimate of drug-likeness (QED) is 0.0930. The fraction of sp³-hybridized carbons (Fsp3) is 0.381. The number of nitrogens with two attached hydrogens (primary N) is 1. The second-order valence-corrected chi connectivity index (χ2v) is 15.2. The van der Waals surface area contributed by atoms with Crippen molar-refractivity contribution in [3.8, 4) is 11.5 Å². The minimum atomic E-state index is -0.658. The lowest BCUT2D eigenvalue weighted by Crippen LogP contribution is -2.53. The van der Waals surface area contributed by atoms with Crippen LogP contribution in [0.25, 0.3) is 22.1 Å². The van der Waals surface area contributed by atoms with Crippen molar-refractivity contribution in [1.29, 1.82) is 0 Å². The Kier molecular flexibility index (Phi) is 13.1. The number of carbonyl (C=O) groups excluding carboxylic acids is 5. The van der Waals surface area contributed by atoms with Crippen molar-refractivity contribution < 1.29 is 38.2 Å². The van der Waals surface area contributed by atoms with Crippen molar-refractivity contribution in [3.05, 3.63) is 77.2 Å². The molecular weight excluding hydrogens is 787 g/mol. The van der Waals surface area contributed by atoms with Gasteiger partial charge in [-0.3, -0.25) is 34.1 Å². The van der Waals surface area contributed by atoms with Crippen LogP contribution in [0.3, 0.4) is 0 Å². The molecule has 0 spiro atoms. The maximum Gasteiger partial charge on any atom is 0.410 e. The fourth-order valence-corrected chi connectivity index (χ4v) is 6.88. The molecule has 1 aliphatic heterocycles. The molecule has 5 aromatic rings. The molecule has 1 aliphatic rings. The molecule has 322 valence electrons. The predicted molar refractivity (Wildman–Crippen MR) is 228 cm³/mol. The van der Waals surface area contributed by atoms with Crippen molar-refractivity contribution in [2.75, 3.05) is 57.6 Å². The summed E-state index contributed by atoms with van der Waals surface area (Å²) in [6.45, 7) is 11.2. The van der Waals surface area contributed by atoms with Gasteiger partial charge in [-0.05, 0) is 71.0 Å². The smallest absolute Gasteiger partial charge is 0.410 e. The lowest BCUT2D eigenvalue weighted by Gasteiger charge is -2.34. The number of nitrogens with zero attached hydrogens (tertiary/aromatic N) is 8. The number of anilines is 2. The van der Waals surface area contributed by atoms with Crippen LogP contribution in [-0.2, 0) is 29.2 Å². The first kappa shape index (κ1) is 43.4. The molecule has 4 N–H and O–H groups in total. The van der Waals surface area contributed by atoms with Gasteiger partial charge < -0.3 is 39.3 Å². The van der Waals surface area contributed by atoms with Gasteiger partial charge in [0.1, 0.15) is 53.3 Å². The molecule has 6 rings (SSSR count). The SMILES string of the molecule is CCn1nc(C)cc1C(=O)Nc1nc2cc(C=O)cc(OC)c2n1C/C=C/Cn1c(NC)nc2cc(C(N)=O)cc(OC/C=C/CN3CCN(C(=O)OC(C)(C)C)CC3=O)c21. The lowest BCUT2D eigenvalue weighted by molar-refractivity contribution is -0.135. The van der Waals surface area contributed by atoms with E-state index in [1.165, 1.54) is 12.0 Å². The van der Waals surface area contributed by atoms with E-state index in [1.54, 1.807) is 84.5 Å². The Balaban J connectivity index is 1.21. The lowest BCUT2D eigenvalue weighted by atomic mass is 10.1. The highest BCUT2D eigenvalue weighted by molar-refractivity contribution is 6.03.